The summed E-state index contributed by atoms with van der Waals surface area (Å²) in [4.78, 5) is 4.15. The van der Waals surface area contributed by atoms with Crippen LogP contribution in [0.3, 0.4) is 0 Å². The Hall–Kier alpha value is -1.15. The third kappa shape index (κ3) is 6.93. The van der Waals surface area contributed by atoms with E-state index in [4.69, 9.17) is 0 Å². The second-order valence-corrected chi connectivity index (χ2v) is 9.82. The number of hydrogen-bond acceptors (Lipinski definition) is 3. The zero-order chi connectivity index (χ0) is 18.5. The standard InChI is InChI=1S/C17H25BrFN3O2S/c1-20-16(22-11-17(7-8-17)12-25(2,23)24)21-9-3-4-13-5-6-14(18)10-15(13)19/h5-6,10H,3-4,7-9,11-12H2,1-2H3,(H2,20,21,22). The van der Waals surface area contributed by atoms with Gasteiger partial charge in [0.25, 0.3) is 0 Å². The summed E-state index contributed by atoms with van der Waals surface area (Å²) < 4.78 is 37.5. The molecule has 0 atom stereocenters. The van der Waals surface area contributed by atoms with Crippen LogP contribution in [0.25, 0.3) is 0 Å². The zero-order valence-corrected chi connectivity index (χ0v) is 17.0. The van der Waals surface area contributed by atoms with Gasteiger partial charge in [0.1, 0.15) is 15.7 Å². The molecule has 140 valence electrons. The number of halogens is 2. The average Bonchev–Trinajstić information content (AvgIpc) is 3.26. The summed E-state index contributed by atoms with van der Waals surface area (Å²) in [5.74, 6) is 0.664. The van der Waals surface area contributed by atoms with Gasteiger partial charge in [-0.25, -0.2) is 12.8 Å². The van der Waals surface area contributed by atoms with Crippen LogP contribution < -0.4 is 10.6 Å². The fourth-order valence-corrected chi connectivity index (χ4v) is 4.64. The second-order valence-electron chi connectivity index (χ2n) is 6.76. The highest BCUT2D eigenvalue weighted by Crippen LogP contribution is 2.45. The Balaban J connectivity index is 1.72. The molecule has 2 rings (SSSR count). The van der Waals surface area contributed by atoms with Crippen LogP contribution in [0, 0.1) is 11.2 Å². The van der Waals surface area contributed by atoms with E-state index in [-0.39, 0.29) is 17.0 Å². The van der Waals surface area contributed by atoms with E-state index in [1.54, 1.807) is 13.1 Å². The van der Waals surface area contributed by atoms with Crippen molar-refractivity contribution >= 4 is 31.7 Å². The van der Waals surface area contributed by atoms with Crippen LogP contribution in [0.4, 0.5) is 4.39 Å². The Kier molecular flexibility index (Phi) is 6.85. The van der Waals surface area contributed by atoms with Crippen molar-refractivity contribution in [2.24, 2.45) is 10.4 Å². The van der Waals surface area contributed by atoms with Gasteiger partial charge in [0.15, 0.2) is 5.96 Å². The lowest BCUT2D eigenvalue weighted by atomic mass is 10.1. The largest absolute Gasteiger partial charge is 0.356 e. The van der Waals surface area contributed by atoms with Crippen molar-refractivity contribution in [2.75, 3.05) is 32.1 Å². The van der Waals surface area contributed by atoms with Gasteiger partial charge in [0.05, 0.1) is 5.75 Å². The molecule has 0 bridgehead atoms. The first-order valence-corrected chi connectivity index (χ1v) is 11.1. The van der Waals surface area contributed by atoms with Crippen molar-refractivity contribution in [1.29, 1.82) is 0 Å². The van der Waals surface area contributed by atoms with E-state index in [9.17, 15) is 12.8 Å². The first-order chi connectivity index (χ1) is 11.7. The number of benzene rings is 1. The summed E-state index contributed by atoms with van der Waals surface area (Å²) in [5, 5.41) is 6.40. The van der Waals surface area contributed by atoms with Gasteiger partial charge in [0, 0.05) is 36.3 Å². The average molecular weight is 434 g/mol. The zero-order valence-electron chi connectivity index (χ0n) is 14.6. The predicted octanol–water partition coefficient (Wildman–Crippen LogP) is 2.51. The van der Waals surface area contributed by atoms with Gasteiger partial charge >= 0.3 is 0 Å². The molecule has 0 aromatic heterocycles. The van der Waals surface area contributed by atoms with Gasteiger partial charge < -0.3 is 10.6 Å². The quantitative estimate of drug-likeness (QED) is 0.375. The lowest BCUT2D eigenvalue weighted by molar-refractivity contribution is 0.529. The predicted molar refractivity (Wildman–Crippen MR) is 103 cm³/mol. The highest BCUT2D eigenvalue weighted by Gasteiger charge is 2.45. The Bertz CT molecular complexity index is 733. The molecule has 2 N–H and O–H groups in total. The maximum absolute atomic E-state index is 13.8. The van der Waals surface area contributed by atoms with Crippen LogP contribution in [0.5, 0.6) is 0 Å². The van der Waals surface area contributed by atoms with Crippen LogP contribution >= 0.6 is 15.9 Å². The molecular formula is C17H25BrFN3O2S. The maximum atomic E-state index is 13.8. The molecule has 1 aromatic rings. The van der Waals surface area contributed by atoms with Gasteiger partial charge in [-0.3, -0.25) is 4.99 Å². The molecule has 1 aliphatic carbocycles. The second kappa shape index (κ2) is 8.49. The van der Waals surface area contributed by atoms with Crippen LogP contribution in [-0.2, 0) is 16.3 Å². The summed E-state index contributed by atoms with van der Waals surface area (Å²) in [5.41, 5.74) is 0.546. The van der Waals surface area contributed by atoms with Crippen LogP contribution in [0.1, 0.15) is 24.8 Å². The van der Waals surface area contributed by atoms with E-state index in [0.717, 1.165) is 23.7 Å². The van der Waals surface area contributed by atoms with Crippen molar-refractivity contribution in [3.05, 3.63) is 34.1 Å². The monoisotopic (exact) mass is 433 g/mol. The molecule has 25 heavy (non-hydrogen) atoms. The van der Waals surface area contributed by atoms with Gasteiger partial charge in [-0.2, -0.15) is 0 Å². The lowest BCUT2D eigenvalue weighted by Crippen LogP contribution is -2.42. The lowest BCUT2D eigenvalue weighted by Gasteiger charge is -2.17. The summed E-state index contributed by atoms with van der Waals surface area (Å²) in [6.07, 6.45) is 4.54. The molecule has 8 heteroatoms. The summed E-state index contributed by atoms with van der Waals surface area (Å²) >= 11 is 3.25. The Morgan fingerprint density at radius 1 is 1.36 bits per heavy atom. The van der Waals surface area contributed by atoms with Crippen LogP contribution in [0.2, 0.25) is 0 Å². The minimum atomic E-state index is -2.97. The summed E-state index contributed by atoms with van der Waals surface area (Å²) in [6.45, 7) is 1.26. The molecule has 0 aliphatic heterocycles. The van der Waals surface area contributed by atoms with Crippen molar-refractivity contribution < 1.29 is 12.8 Å². The minimum absolute atomic E-state index is 0.147. The Morgan fingerprint density at radius 2 is 2.08 bits per heavy atom. The van der Waals surface area contributed by atoms with E-state index < -0.39 is 9.84 Å². The number of rotatable bonds is 8. The number of guanidine groups is 1. The molecule has 1 aliphatic rings. The summed E-state index contributed by atoms with van der Waals surface area (Å²) in [6, 6.07) is 5.10. The number of sulfone groups is 1. The van der Waals surface area contributed by atoms with E-state index in [1.807, 2.05) is 6.07 Å². The molecule has 0 amide bonds. The fourth-order valence-electron chi connectivity index (χ4n) is 2.81. The van der Waals surface area contributed by atoms with E-state index in [1.165, 1.54) is 12.3 Å². The van der Waals surface area contributed by atoms with Gasteiger partial charge in [0.2, 0.25) is 0 Å². The highest BCUT2D eigenvalue weighted by atomic mass is 79.9. The Morgan fingerprint density at radius 3 is 2.64 bits per heavy atom. The molecule has 0 unspecified atom stereocenters. The normalized spacial score (nSPS) is 16.6. The van der Waals surface area contributed by atoms with Crippen LogP contribution in [-0.4, -0.2) is 46.5 Å². The first-order valence-electron chi connectivity index (χ1n) is 8.29. The SMILES string of the molecule is CN=C(NCCCc1ccc(Br)cc1F)NCC1(CS(C)(=O)=O)CC1. The summed E-state index contributed by atoms with van der Waals surface area (Å²) in [7, 11) is -1.29. The maximum Gasteiger partial charge on any atom is 0.190 e. The van der Waals surface area contributed by atoms with E-state index in [2.05, 4.69) is 31.6 Å². The molecule has 0 saturated heterocycles. The third-order valence-corrected chi connectivity index (χ3v) is 5.94. The molecule has 5 nitrogen and oxygen atoms in total. The van der Waals surface area contributed by atoms with Gasteiger partial charge in [-0.05, 0) is 43.4 Å². The van der Waals surface area contributed by atoms with Crippen LogP contribution in [0.15, 0.2) is 27.7 Å². The van der Waals surface area contributed by atoms with Crippen molar-refractivity contribution in [3.63, 3.8) is 0 Å². The number of nitrogens with one attached hydrogen (secondary N) is 2. The third-order valence-electron chi connectivity index (χ3n) is 4.31. The molecule has 0 radical (unpaired) electrons. The molecule has 1 fully saturated rings. The van der Waals surface area contributed by atoms with Crippen molar-refractivity contribution in [2.45, 2.75) is 25.7 Å². The fraction of sp³-hybridized carbons (Fsp3) is 0.588. The molecule has 0 spiro atoms. The highest BCUT2D eigenvalue weighted by molar-refractivity contribution is 9.10. The number of nitrogens with zero attached hydrogens (tertiary/aromatic N) is 1. The topological polar surface area (TPSA) is 70.6 Å². The number of aryl methyl sites for hydroxylation is 1. The van der Waals surface area contributed by atoms with Crippen molar-refractivity contribution in [1.82, 2.24) is 10.6 Å². The van der Waals surface area contributed by atoms with Crippen molar-refractivity contribution in [3.8, 4) is 0 Å². The molecule has 1 aromatic carbocycles. The molecule has 0 heterocycles. The van der Waals surface area contributed by atoms with E-state index >= 15 is 0 Å². The van der Waals surface area contributed by atoms with Gasteiger partial charge in [-0.15, -0.1) is 0 Å². The smallest absolute Gasteiger partial charge is 0.190 e. The first kappa shape index (κ1) is 20.2. The van der Waals surface area contributed by atoms with E-state index in [0.29, 0.717) is 31.0 Å². The number of aliphatic imine (C=N–C) groups is 1. The minimum Gasteiger partial charge on any atom is -0.356 e. The molecule has 1 saturated carbocycles. The Labute approximate surface area is 157 Å². The number of hydrogen-bond donors (Lipinski definition) is 2. The van der Waals surface area contributed by atoms with Gasteiger partial charge in [-0.1, -0.05) is 22.0 Å². The molecular weight excluding hydrogens is 409 g/mol.